The van der Waals surface area contributed by atoms with Crippen molar-refractivity contribution in [2.75, 3.05) is 17.3 Å². The molecule has 176 valence electrons. The van der Waals surface area contributed by atoms with E-state index in [-0.39, 0.29) is 12.2 Å². The quantitative estimate of drug-likeness (QED) is 0.518. The SMILES string of the molecule is N[C@H]1CS(=O)(=O)c2cc(F)c(C(=O)COc3ccccc3)cc2N(Cc2ccc(Cl)cc2)C1=O. The third-order valence-corrected chi connectivity index (χ3v) is 7.37. The topological polar surface area (TPSA) is 107 Å². The second-order valence-corrected chi connectivity index (χ2v) is 10.2. The molecule has 7 nitrogen and oxygen atoms in total. The number of hydrogen-bond acceptors (Lipinski definition) is 6. The van der Waals surface area contributed by atoms with Crippen molar-refractivity contribution in [2.24, 2.45) is 5.73 Å². The highest BCUT2D eigenvalue weighted by atomic mass is 35.5. The number of Topliss-reactive ketones (excluding diaryl/α,β-unsaturated/α-hetero) is 1. The van der Waals surface area contributed by atoms with E-state index in [1.807, 2.05) is 0 Å². The summed E-state index contributed by atoms with van der Waals surface area (Å²) in [6.07, 6.45) is 0. The predicted octanol–water partition coefficient (Wildman–Crippen LogP) is 3.39. The van der Waals surface area contributed by atoms with Crippen molar-refractivity contribution in [3.8, 4) is 5.75 Å². The molecule has 1 aliphatic heterocycles. The maximum atomic E-state index is 14.9. The number of hydrogen-bond donors (Lipinski definition) is 1. The van der Waals surface area contributed by atoms with Gasteiger partial charge in [0.2, 0.25) is 11.7 Å². The number of carbonyl (C=O) groups is 2. The van der Waals surface area contributed by atoms with E-state index in [9.17, 15) is 22.4 Å². The molecule has 3 aromatic rings. The van der Waals surface area contributed by atoms with Crippen molar-refractivity contribution in [3.63, 3.8) is 0 Å². The number of halogens is 2. The molecule has 0 aromatic heterocycles. The van der Waals surface area contributed by atoms with Crippen LogP contribution in [0.4, 0.5) is 10.1 Å². The van der Waals surface area contributed by atoms with Crippen LogP contribution in [0.2, 0.25) is 5.02 Å². The van der Waals surface area contributed by atoms with Crippen LogP contribution in [-0.2, 0) is 21.2 Å². The van der Waals surface area contributed by atoms with Crippen molar-refractivity contribution in [2.45, 2.75) is 17.5 Å². The lowest BCUT2D eigenvalue weighted by Crippen LogP contribution is -2.45. The van der Waals surface area contributed by atoms with Crippen LogP contribution in [-0.4, -0.2) is 38.5 Å². The van der Waals surface area contributed by atoms with Gasteiger partial charge in [-0.3, -0.25) is 9.59 Å². The molecule has 4 rings (SSSR count). The van der Waals surface area contributed by atoms with Crippen LogP contribution in [0.1, 0.15) is 15.9 Å². The Morgan fingerprint density at radius 1 is 1.12 bits per heavy atom. The van der Waals surface area contributed by atoms with E-state index in [0.717, 1.165) is 17.0 Å². The van der Waals surface area contributed by atoms with Crippen LogP contribution in [0.5, 0.6) is 5.75 Å². The number of nitrogens with zero attached hydrogens (tertiary/aromatic N) is 1. The van der Waals surface area contributed by atoms with Crippen molar-refractivity contribution >= 4 is 38.8 Å². The molecule has 0 unspecified atom stereocenters. The Morgan fingerprint density at radius 2 is 1.79 bits per heavy atom. The van der Waals surface area contributed by atoms with E-state index >= 15 is 0 Å². The number of benzene rings is 3. The first-order valence-electron chi connectivity index (χ1n) is 10.2. The highest BCUT2D eigenvalue weighted by Gasteiger charge is 2.37. The number of nitrogens with two attached hydrogens (primary N) is 1. The number of amides is 1. The van der Waals surface area contributed by atoms with Gasteiger partial charge in [-0.15, -0.1) is 0 Å². The van der Waals surface area contributed by atoms with Crippen molar-refractivity contribution in [3.05, 3.63) is 88.7 Å². The monoisotopic (exact) mass is 502 g/mol. The van der Waals surface area contributed by atoms with Gasteiger partial charge in [-0.05, 0) is 42.0 Å². The van der Waals surface area contributed by atoms with E-state index in [1.54, 1.807) is 54.6 Å². The number of ether oxygens (including phenoxy) is 1. The molecule has 0 saturated heterocycles. The van der Waals surface area contributed by atoms with Crippen molar-refractivity contribution in [1.82, 2.24) is 0 Å². The molecule has 1 heterocycles. The van der Waals surface area contributed by atoms with Crippen LogP contribution in [0.3, 0.4) is 0 Å². The molecular weight excluding hydrogens is 483 g/mol. The molecule has 34 heavy (non-hydrogen) atoms. The molecule has 0 spiro atoms. The lowest BCUT2D eigenvalue weighted by molar-refractivity contribution is -0.119. The standard InChI is InChI=1S/C24H20ClFN2O5S/c25-16-8-6-15(7-9-16)12-28-21-10-18(22(29)13-33-17-4-2-1-3-5-17)19(26)11-23(21)34(31,32)14-20(27)24(28)30/h1-11,20H,12-14,27H2/t20-/m0/s1. The highest BCUT2D eigenvalue weighted by Crippen LogP contribution is 2.34. The molecule has 10 heteroatoms. The highest BCUT2D eigenvalue weighted by molar-refractivity contribution is 7.91. The molecule has 2 N–H and O–H groups in total. The molecule has 0 saturated carbocycles. The first kappa shape index (κ1) is 23.9. The number of anilines is 1. The molecule has 0 bridgehead atoms. The van der Waals surface area contributed by atoms with Crippen LogP contribution >= 0.6 is 11.6 Å². The smallest absolute Gasteiger partial charge is 0.245 e. The van der Waals surface area contributed by atoms with Gasteiger partial charge in [-0.1, -0.05) is 41.9 Å². The van der Waals surface area contributed by atoms with Gasteiger partial charge in [0.05, 0.1) is 34.5 Å². The van der Waals surface area contributed by atoms with E-state index < -0.39 is 56.2 Å². The summed E-state index contributed by atoms with van der Waals surface area (Å²) in [6, 6.07) is 15.6. The minimum absolute atomic E-state index is 0.0496. The van der Waals surface area contributed by atoms with E-state index in [0.29, 0.717) is 16.3 Å². The minimum Gasteiger partial charge on any atom is -0.485 e. The molecule has 0 fully saturated rings. The molecular formula is C24H20ClFN2O5S. The zero-order chi connectivity index (χ0) is 24.5. The summed E-state index contributed by atoms with van der Waals surface area (Å²) in [6.45, 7) is -0.525. The Bertz CT molecular complexity index is 1350. The number of para-hydroxylation sites is 1. The second kappa shape index (κ2) is 9.54. The zero-order valence-corrected chi connectivity index (χ0v) is 19.4. The van der Waals surface area contributed by atoms with Gasteiger partial charge < -0.3 is 15.4 Å². The summed E-state index contributed by atoms with van der Waals surface area (Å²) in [5.41, 5.74) is 6.01. The lowest BCUT2D eigenvalue weighted by atomic mass is 10.1. The van der Waals surface area contributed by atoms with Gasteiger partial charge in [0.25, 0.3) is 0 Å². The maximum absolute atomic E-state index is 14.9. The summed E-state index contributed by atoms with van der Waals surface area (Å²) < 4.78 is 46.1. The minimum atomic E-state index is -4.10. The van der Waals surface area contributed by atoms with E-state index in [1.165, 1.54) is 0 Å². The number of ketones is 1. The number of fused-ring (bicyclic) bond motifs is 1. The number of rotatable bonds is 6. The molecule has 0 radical (unpaired) electrons. The van der Waals surface area contributed by atoms with Crippen molar-refractivity contribution < 1.29 is 27.1 Å². The summed E-state index contributed by atoms with van der Waals surface area (Å²) in [7, 11) is -4.10. The zero-order valence-electron chi connectivity index (χ0n) is 17.8. The summed E-state index contributed by atoms with van der Waals surface area (Å²) in [5, 5.41) is 0.485. The van der Waals surface area contributed by atoms with E-state index in [2.05, 4.69) is 0 Å². The third kappa shape index (κ3) is 4.96. The molecule has 1 amide bonds. The molecule has 1 aliphatic rings. The molecule has 0 aliphatic carbocycles. The fourth-order valence-electron chi connectivity index (χ4n) is 3.61. The van der Waals surface area contributed by atoms with Gasteiger partial charge in [-0.25, -0.2) is 12.8 Å². The lowest BCUT2D eigenvalue weighted by Gasteiger charge is -2.25. The van der Waals surface area contributed by atoms with E-state index in [4.69, 9.17) is 22.1 Å². The number of sulfone groups is 1. The van der Waals surface area contributed by atoms with Crippen LogP contribution in [0.25, 0.3) is 0 Å². The van der Waals surface area contributed by atoms with Gasteiger partial charge in [0.1, 0.15) is 11.6 Å². The third-order valence-electron chi connectivity index (χ3n) is 5.32. The number of carbonyl (C=O) groups excluding carboxylic acids is 2. The fraction of sp³-hybridized carbons (Fsp3) is 0.167. The second-order valence-electron chi connectivity index (χ2n) is 7.76. The normalized spacial score (nSPS) is 17.1. The summed E-state index contributed by atoms with van der Waals surface area (Å²) in [4.78, 5) is 26.6. The molecule has 1 atom stereocenters. The van der Waals surface area contributed by atoms with Crippen LogP contribution in [0, 0.1) is 5.82 Å². The Balaban J connectivity index is 1.75. The largest absolute Gasteiger partial charge is 0.485 e. The van der Waals surface area contributed by atoms with Crippen LogP contribution in [0.15, 0.2) is 71.6 Å². The molecule has 3 aromatic carbocycles. The maximum Gasteiger partial charge on any atom is 0.245 e. The fourth-order valence-corrected chi connectivity index (χ4v) is 5.30. The van der Waals surface area contributed by atoms with Gasteiger partial charge in [0.15, 0.2) is 16.4 Å². The average molecular weight is 503 g/mol. The first-order chi connectivity index (χ1) is 16.2. The Morgan fingerprint density at radius 3 is 2.47 bits per heavy atom. The van der Waals surface area contributed by atoms with Gasteiger partial charge >= 0.3 is 0 Å². The Hall–Kier alpha value is -3.27. The Labute approximate surface area is 200 Å². The summed E-state index contributed by atoms with van der Waals surface area (Å²) in [5.74, 6) is -2.67. The van der Waals surface area contributed by atoms with Crippen molar-refractivity contribution in [1.29, 1.82) is 0 Å². The summed E-state index contributed by atoms with van der Waals surface area (Å²) >= 11 is 5.93. The first-order valence-corrected chi connectivity index (χ1v) is 12.3. The van der Waals surface area contributed by atoms with Gasteiger partial charge in [0, 0.05) is 5.02 Å². The Kier molecular flexibility index (Phi) is 6.70. The predicted molar refractivity (Wildman–Crippen MR) is 125 cm³/mol. The average Bonchev–Trinajstić information content (AvgIpc) is 2.87. The van der Waals surface area contributed by atoms with Crippen LogP contribution < -0.4 is 15.4 Å². The van der Waals surface area contributed by atoms with Gasteiger partial charge in [-0.2, -0.15) is 0 Å².